The van der Waals surface area contributed by atoms with Crippen LogP contribution >= 0.6 is 0 Å². The van der Waals surface area contributed by atoms with Crippen LogP contribution in [0.1, 0.15) is 5.56 Å². The molecule has 1 unspecified atom stereocenters. The van der Waals surface area contributed by atoms with Gasteiger partial charge in [-0.15, -0.1) is 0 Å². The first-order valence-electron chi connectivity index (χ1n) is 9.82. The van der Waals surface area contributed by atoms with Crippen molar-refractivity contribution in [3.05, 3.63) is 78.5 Å². The molecule has 2 N–H and O–H groups in total. The fourth-order valence-corrected chi connectivity index (χ4v) is 3.56. The van der Waals surface area contributed by atoms with E-state index in [1.165, 1.54) is 0 Å². The number of hydrogen-bond donors (Lipinski definition) is 2. The van der Waals surface area contributed by atoms with Gasteiger partial charge in [0.05, 0.1) is 5.52 Å². The second kappa shape index (κ2) is 9.61. The van der Waals surface area contributed by atoms with Crippen LogP contribution in [-0.2, 0) is 17.3 Å². The summed E-state index contributed by atoms with van der Waals surface area (Å²) in [5, 5.41) is 7.13. The van der Waals surface area contributed by atoms with Crippen molar-refractivity contribution in [3.63, 3.8) is 0 Å². The number of fused-ring (bicyclic) bond motifs is 1. The fourth-order valence-electron chi connectivity index (χ4n) is 3.18. The summed E-state index contributed by atoms with van der Waals surface area (Å²) in [7, 11) is -0.839. The van der Waals surface area contributed by atoms with Crippen LogP contribution in [0.25, 0.3) is 22.0 Å². The predicted octanol–water partition coefficient (Wildman–Crippen LogP) is 4.23. The van der Waals surface area contributed by atoms with Gasteiger partial charge in [-0.25, -0.2) is 14.4 Å². The molecule has 3 aromatic heterocycles. The third kappa shape index (κ3) is 5.21. The zero-order valence-electron chi connectivity index (χ0n) is 17.0. The summed E-state index contributed by atoms with van der Waals surface area (Å²) in [6, 6.07) is 14.9. The highest BCUT2D eigenvalue weighted by molar-refractivity contribution is 7.84. The summed E-state index contributed by atoms with van der Waals surface area (Å²) >= 11 is 0. The average Bonchev–Trinajstić information content (AvgIpc) is 2.79. The largest absolute Gasteiger partial charge is 0.369 e. The summed E-state index contributed by atoms with van der Waals surface area (Å²) in [6.45, 7) is 0.988. The van der Waals surface area contributed by atoms with E-state index < -0.39 is 16.6 Å². The van der Waals surface area contributed by atoms with E-state index in [1.807, 2.05) is 42.5 Å². The molecule has 3 heterocycles. The van der Waals surface area contributed by atoms with E-state index in [9.17, 15) is 4.21 Å². The molecular formula is C23H22FN5OS. The van der Waals surface area contributed by atoms with Crippen molar-refractivity contribution in [1.82, 2.24) is 15.0 Å². The van der Waals surface area contributed by atoms with Gasteiger partial charge < -0.3 is 10.6 Å². The van der Waals surface area contributed by atoms with E-state index in [-0.39, 0.29) is 5.82 Å². The van der Waals surface area contributed by atoms with Gasteiger partial charge in [0.15, 0.2) is 11.6 Å². The lowest BCUT2D eigenvalue weighted by atomic mass is 10.0. The third-order valence-corrected chi connectivity index (χ3v) is 5.56. The molecule has 1 atom stereocenters. The molecular weight excluding hydrogens is 413 g/mol. The number of pyridine rings is 3. The van der Waals surface area contributed by atoms with Crippen molar-refractivity contribution in [1.29, 1.82) is 0 Å². The SMILES string of the molecule is CS(=O)CCNc1ccc(CNc2nccc(-c3ccc4ncccc4c3)c2F)cn1. The average molecular weight is 436 g/mol. The highest BCUT2D eigenvalue weighted by Gasteiger charge is 2.12. The zero-order valence-corrected chi connectivity index (χ0v) is 17.8. The van der Waals surface area contributed by atoms with Crippen LogP contribution in [0.3, 0.4) is 0 Å². The normalized spacial score (nSPS) is 11.9. The second-order valence-electron chi connectivity index (χ2n) is 7.04. The monoisotopic (exact) mass is 435 g/mol. The Labute approximate surface area is 182 Å². The highest BCUT2D eigenvalue weighted by Crippen LogP contribution is 2.28. The van der Waals surface area contributed by atoms with Crippen LogP contribution in [0.4, 0.5) is 16.0 Å². The van der Waals surface area contributed by atoms with E-state index in [4.69, 9.17) is 0 Å². The number of nitrogens with one attached hydrogen (secondary N) is 2. The zero-order chi connectivity index (χ0) is 21.6. The Morgan fingerprint density at radius 1 is 1.00 bits per heavy atom. The van der Waals surface area contributed by atoms with Gasteiger partial charge in [0.25, 0.3) is 0 Å². The van der Waals surface area contributed by atoms with Crippen molar-refractivity contribution < 1.29 is 8.60 Å². The fraction of sp³-hybridized carbons (Fsp3) is 0.174. The van der Waals surface area contributed by atoms with Crippen LogP contribution in [0, 0.1) is 5.82 Å². The molecule has 0 saturated heterocycles. The number of nitrogens with zero attached hydrogens (tertiary/aromatic N) is 3. The minimum absolute atomic E-state index is 0.191. The molecule has 31 heavy (non-hydrogen) atoms. The van der Waals surface area contributed by atoms with Crippen LogP contribution in [0.15, 0.2) is 67.1 Å². The molecule has 4 rings (SSSR count). The van der Waals surface area contributed by atoms with Crippen LogP contribution in [0.2, 0.25) is 0 Å². The van der Waals surface area contributed by atoms with Crippen LogP contribution < -0.4 is 10.6 Å². The molecule has 0 aliphatic heterocycles. The maximum atomic E-state index is 15.1. The van der Waals surface area contributed by atoms with Gasteiger partial charge in [-0.2, -0.15) is 0 Å². The molecule has 0 bridgehead atoms. The molecule has 0 amide bonds. The molecule has 0 saturated carbocycles. The van der Waals surface area contributed by atoms with Gasteiger partial charge in [-0.1, -0.05) is 18.2 Å². The molecule has 0 fully saturated rings. The van der Waals surface area contributed by atoms with Gasteiger partial charge in [0, 0.05) is 65.4 Å². The minimum atomic E-state index is -0.839. The summed E-state index contributed by atoms with van der Waals surface area (Å²) in [5.41, 5.74) is 3.02. The predicted molar refractivity (Wildman–Crippen MR) is 124 cm³/mol. The molecule has 4 aromatic rings. The van der Waals surface area contributed by atoms with E-state index >= 15 is 4.39 Å². The Morgan fingerprint density at radius 3 is 2.71 bits per heavy atom. The van der Waals surface area contributed by atoms with Crippen LogP contribution in [0.5, 0.6) is 0 Å². The molecule has 158 valence electrons. The molecule has 8 heteroatoms. The van der Waals surface area contributed by atoms with Gasteiger partial charge >= 0.3 is 0 Å². The van der Waals surface area contributed by atoms with Gasteiger partial charge in [0.1, 0.15) is 5.82 Å². The quantitative estimate of drug-likeness (QED) is 0.431. The number of anilines is 2. The van der Waals surface area contributed by atoms with Crippen molar-refractivity contribution in [2.45, 2.75) is 6.54 Å². The summed E-state index contributed by atoms with van der Waals surface area (Å²) in [4.78, 5) is 12.8. The molecule has 6 nitrogen and oxygen atoms in total. The minimum Gasteiger partial charge on any atom is -0.369 e. The van der Waals surface area contributed by atoms with Crippen molar-refractivity contribution >= 4 is 33.3 Å². The standard InChI is InChI=1S/C23H22FN5OS/c1-31(30)12-11-26-21-7-4-16(14-28-21)15-29-23-22(24)19(8-10-27-23)17-5-6-20-18(13-17)3-2-9-25-20/h2-10,13-14H,11-12,15H2,1H3,(H,26,28)(H,27,29). The summed E-state index contributed by atoms with van der Waals surface area (Å²) in [6.07, 6.45) is 6.72. The first-order chi connectivity index (χ1) is 15.1. The molecule has 0 aliphatic carbocycles. The lowest BCUT2D eigenvalue weighted by Gasteiger charge is -2.11. The second-order valence-corrected chi connectivity index (χ2v) is 8.60. The Morgan fingerprint density at radius 2 is 1.90 bits per heavy atom. The van der Waals surface area contributed by atoms with Crippen molar-refractivity contribution in [2.24, 2.45) is 0 Å². The number of halogens is 1. The first-order valence-corrected chi connectivity index (χ1v) is 11.6. The Balaban J connectivity index is 1.45. The van der Waals surface area contributed by atoms with Crippen molar-refractivity contribution in [2.75, 3.05) is 29.2 Å². The van der Waals surface area contributed by atoms with E-state index in [2.05, 4.69) is 25.6 Å². The number of hydrogen-bond acceptors (Lipinski definition) is 6. The van der Waals surface area contributed by atoms with Gasteiger partial charge in [-0.05, 0) is 41.5 Å². The third-order valence-electron chi connectivity index (χ3n) is 4.78. The lowest BCUT2D eigenvalue weighted by Crippen LogP contribution is -2.11. The Kier molecular flexibility index (Phi) is 6.47. The molecule has 0 aliphatic rings. The van der Waals surface area contributed by atoms with E-state index in [0.717, 1.165) is 22.0 Å². The topological polar surface area (TPSA) is 79.8 Å². The number of rotatable bonds is 8. The van der Waals surface area contributed by atoms with Gasteiger partial charge in [-0.3, -0.25) is 9.19 Å². The molecule has 0 spiro atoms. The van der Waals surface area contributed by atoms with E-state index in [1.54, 1.807) is 30.9 Å². The molecule has 1 aromatic carbocycles. The lowest BCUT2D eigenvalue weighted by molar-refractivity contribution is 0.628. The Hall–Kier alpha value is -3.39. The Bertz CT molecular complexity index is 1220. The van der Waals surface area contributed by atoms with Gasteiger partial charge in [0.2, 0.25) is 0 Å². The maximum Gasteiger partial charge on any atom is 0.173 e. The van der Waals surface area contributed by atoms with Crippen LogP contribution in [-0.4, -0.2) is 37.7 Å². The van der Waals surface area contributed by atoms with Crippen molar-refractivity contribution in [3.8, 4) is 11.1 Å². The summed E-state index contributed by atoms with van der Waals surface area (Å²) < 4.78 is 26.2. The number of aromatic nitrogens is 3. The molecule has 0 radical (unpaired) electrons. The number of benzene rings is 1. The first kappa shape index (κ1) is 20.9. The smallest absolute Gasteiger partial charge is 0.173 e. The summed E-state index contributed by atoms with van der Waals surface area (Å²) in [5.74, 6) is 1.08. The highest BCUT2D eigenvalue weighted by atomic mass is 32.2. The van der Waals surface area contributed by atoms with E-state index in [0.29, 0.717) is 30.2 Å². The maximum absolute atomic E-state index is 15.1.